The number of carbonyl (C=O) groups is 1. The highest BCUT2D eigenvalue weighted by Crippen LogP contribution is 2.24. The molecule has 0 saturated heterocycles. The molecule has 1 N–H and O–H groups in total. The maximum atomic E-state index is 13.0. The minimum absolute atomic E-state index is 0.219. The summed E-state index contributed by atoms with van der Waals surface area (Å²) in [4.78, 5) is 12.5. The molecule has 0 unspecified atom stereocenters. The highest BCUT2D eigenvalue weighted by molar-refractivity contribution is 5.94. The average Bonchev–Trinajstić information content (AvgIpc) is 3.25. The summed E-state index contributed by atoms with van der Waals surface area (Å²) >= 11 is 0. The highest BCUT2D eigenvalue weighted by atomic mass is 19.1. The lowest BCUT2D eigenvalue weighted by Crippen LogP contribution is -2.26. The van der Waals surface area contributed by atoms with E-state index in [4.69, 9.17) is 4.42 Å². The maximum absolute atomic E-state index is 13.0. The van der Waals surface area contributed by atoms with E-state index in [9.17, 15) is 9.18 Å². The number of nitrogens with one attached hydrogen (secondary N) is 1. The third-order valence-electron chi connectivity index (χ3n) is 4.56. The fourth-order valence-electron chi connectivity index (χ4n) is 2.92. The van der Waals surface area contributed by atoms with Crippen LogP contribution in [0.3, 0.4) is 0 Å². The van der Waals surface area contributed by atoms with Crippen LogP contribution in [0.1, 0.15) is 28.9 Å². The van der Waals surface area contributed by atoms with E-state index in [0.29, 0.717) is 17.3 Å². The van der Waals surface area contributed by atoms with E-state index in [-0.39, 0.29) is 17.8 Å². The molecule has 4 rings (SSSR count). The van der Waals surface area contributed by atoms with Gasteiger partial charge in [0.05, 0.1) is 6.04 Å². The summed E-state index contributed by atoms with van der Waals surface area (Å²) in [5.74, 6) is 0.300. The first-order valence-corrected chi connectivity index (χ1v) is 9.16. The standard InChI is InChI=1S/C23H18FN3O2/c1-15(16-11-13-20(24)14-12-16)25-21(28)17-7-9-19(10-8-17)23-27-26-22(29-23)18-5-3-2-4-6-18/h2-15H,1H3,(H,25,28)/t15-/m0/s1. The Morgan fingerprint density at radius 1 is 0.862 bits per heavy atom. The Labute approximate surface area is 167 Å². The Morgan fingerprint density at radius 2 is 1.45 bits per heavy atom. The second kappa shape index (κ2) is 8.06. The number of nitrogens with zero attached hydrogens (tertiary/aromatic N) is 2. The number of benzene rings is 3. The molecule has 0 fully saturated rings. The molecule has 144 valence electrons. The van der Waals surface area contributed by atoms with E-state index < -0.39 is 0 Å². The molecule has 6 heteroatoms. The van der Waals surface area contributed by atoms with Crippen molar-refractivity contribution >= 4 is 5.91 Å². The van der Waals surface area contributed by atoms with E-state index in [0.717, 1.165) is 16.7 Å². The lowest BCUT2D eigenvalue weighted by Gasteiger charge is -2.14. The van der Waals surface area contributed by atoms with Crippen molar-refractivity contribution < 1.29 is 13.6 Å². The van der Waals surface area contributed by atoms with Crippen molar-refractivity contribution in [2.24, 2.45) is 0 Å². The molecule has 0 bridgehead atoms. The predicted octanol–water partition coefficient (Wildman–Crippen LogP) is 5.03. The second-order valence-corrected chi connectivity index (χ2v) is 6.60. The summed E-state index contributed by atoms with van der Waals surface area (Å²) in [5, 5.41) is 11.1. The van der Waals surface area contributed by atoms with Gasteiger partial charge < -0.3 is 9.73 Å². The molecule has 1 aromatic heterocycles. The Hall–Kier alpha value is -3.80. The number of rotatable bonds is 5. The van der Waals surface area contributed by atoms with Crippen molar-refractivity contribution in [3.05, 3.63) is 95.8 Å². The molecule has 0 aliphatic heterocycles. The summed E-state index contributed by atoms with van der Waals surface area (Å²) in [6, 6.07) is 22.3. The molecule has 4 aromatic rings. The Kier molecular flexibility index (Phi) is 5.16. The second-order valence-electron chi connectivity index (χ2n) is 6.60. The molecule has 0 saturated carbocycles. The molecule has 5 nitrogen and oxygen atoms in total. The van der Waals surface area contributed by atoms with Gasteiger partial charge in [0.15, 0.2) is 0 Å². The van der Waals surface area contributed by atoms with Crippen molar-refractivity contribution in [2.45, 2.75) is 13.0 Å². The van der Waals surface area contributed by atoms with E-state index in [1.807, 2.05) is 37.3 Å². The van der Waals surface area contributed by atoms with Crippen LogP contribution in [-0.4, -0.2) is 16.1 Å². The van der Waals surface area contributed by atoms with Gasteiger partial charge in [-0.1, -0.05) is 30.3 Å². The summed E-state index contributed by atoms with van der Waals surface area (Å²) in [7, 11) is 0. The van der Waals surface area contributed by atoms with Crippen molar-refractivity contribution in [2.75, 3.05) is 0 Å². The van der Waals surface area contributed by atoms with E-state index in [1.165, 1.54) is 12.1 Å². The van der Waals surface area contributed by atoms with Crippen LogP contribution in [0.15, 0.2) is 83.3 Å². The number of amides is 1. The topological polar surface area (TPSA) is 68.0 Å². The largest absolute Gasteiger partial charge is 0.416 e. The van der Waals surface area contributed by atoms with Crippen LogP contribution in [0.25, 0.3) is 22.9 Å². The predicted molar refractivity (Wildman–Crippen MR) is 107 cm³/mol. The Balaban J connectivity index is 1.45. The number of halogens is 1. The van der Waals surface area contributed by atoms with Crippen molar-refractivity contribution in [1.29, 1.82) is 0 Å². The fraction of sp³-hybridized carbons (Fsp3) is 0.0870. The van der Waals surface area contributed by atoms with Gasteiger partial charge in [-0.05, 0) is 61.0 Å². The molecule has 29 heavy (non-hydrogen) atoms. The van der Waals surface area contributed by atoms with Gasteiger partial charge in [0.2, 0.25) is 11.8 Å². The molecule has 1 atom stereocenters. The molecular weight excluding hydrogens is 369 g/mol. The third kappa shape index (κ3) is 4.21. The van der Waals surface area contributed by atoms with Crippen LogP contribution in [0, 0.1) is 5.82 Å². The zero-order valence-electron chi connectivity index (χ0n) is 15.7. The van der Waals surface area contributed by atoms with Gasteiger partial charge in [0.1, 0.15) is 5.82 Å². The van der Waals surface area contributed by atoms with E-state index in [1.54, 1.807) is 36.4 Å². The molecule has 0 aliphatic rings. The molecule has 0 spiro atoms. The maximum Gasteiger partial charge on any atom is 0.251 e. The number of carbonyl (C=O) groups excluding carboxylic acids is 1. The smallest absolute Gasteiger partial charge is 0.251 e. The van der Waals surface area contributed by atoms with Crippen molar-refractivity contribution in [3.63, 3.8) is 0 Å². The summed E-state index contributed by atoms with van der Waals surface area (Å²) in [6.45, 7) is 1.85. The summed E-state index contributed by atoms with van der Waals surface area (Å²) < 4.78 is 18.8. The minimum Gasteiger partial charge on any atom is -0.416 e. The van der Waals surface area contributed by atoms with Crippen LogP contribution >= 0.6 is 0 Å². The van der Waals surface area contributed by atoms with Gasteiger partial charge >= 0.3 is 0 Å². The molecular formula is C23H18FN3O2. The van der Waals surface area contributed by atoms with Gasteiger partial charge in [-0.25, -0.2) is 4.39 Å². The molecule has 0 aliphatic carbocycles. The molecule has 1 heterocycles. The van der Waals surface area contributed by atoms with Crippen LogP contribution in [0.2, 0.25) is 0 Å². The van der Waals surface area contributed by atoms with Crippen LogP contribution in [-0.2, 0) is 0 Å². The number of hydrogen-bond donors (Lipinski definition) is 1. The number of aromatic nitrogens is 2. The fourth-order valence-corrected chi connectivity index (χ4v) is 2.92. The zero-order valence-corrected chi connectivity index (χ0v) is 15.7. The Bertz CT molecular complexity index is 1110. The third-order valence-corrected chi connectivity index (χ3v) is 4.56. The van der Waals surface area contributed by atoms with Gasteiger partial charge in [-0.2, -0.15) is 0 Å². The zero-order chi connectivity index (χ0) is 20.2. The summed E-state index contributed by atoms with van der Waals surface area (Å²) in [6.07, 6.45) is 0. The van der Waals surface area contributed by atoms with Crippen LogP contribution in [0.5, 0.6) is 0 Å². The minimum atomic E-state index is -0.306. The Morgan fingerprint density at radius 3 is 2.07 bits per heavy atom. The van der Waals surface area contributed by atoms with Gasteiger partial charge in [0.25, 0.3) is 5.91 Å². The van der Waals surface area contributed by atoms with Crippen LogP contribution < -0.4 is 5.32 Å². The van der Waals surface area contributed by atoms with Gasteiger partial charge in [0, 0.05) is 16.7 Å². The average molecular weight is 387 g/mol. The summed E-state index contributed by atoms with van der Waals surface area (Å²) in [5.41, 5.74) is 2.90. The van der Waals surface area contributed by atoms with Crippen molar-refractivity contribution in [3.8, 4) is 22.9 Å². The van der Waals surface area contributed by atoms with E-state index in [2.05, 4.69) is 15.5 Å². The SMILES string of the molecule is C[C@H](NC(=O)c1ccc(-c2nnc(-c3ccccc3)o2)cc1)c1ccc(F)cc1. The highest BCUT2D eigenvalue weighted by Gasteiger charge is 2.14. The molecule has 1 amide bonds. The first-order valence-electron chi connectivity index (χ1n) is 9.16. The quantitative estimate of drug-likeness (QED) is 0.521. The lowest BCUT2D eigenvalue weighted by molar-refractivity contribution is 0.0940. The van der Waals surface area contributed by atoms with Gasteiger partial charge in [-0.3, -0.25) is 4.79 Å². The van der Waals surface area contributed by atoms with Crippen LogP contribution in [0.4, 0.5) is 4.39 Å². The number of hydrogen-bond acceptors (Lipinski definition) is 4. The first-order chi connectivity index (χ1) is 14.1. The molecule has 3 aromatic carbocycles. The first kappa shape index (κ1) is 18.6. The normalized spacial score (nSPS) is 11.8. The monoisotopic (exact) mass is 387 g/mol. The van der Waals surface area contributed by atoms with Crippen molar-refractivity contribution in [1.82, 2.24) is 15.5 Å². The van der Waals surface area contributed by atoms with E-state index >= 15 is 0 Å². The van der Waals surface area contributed by atoms with Gasteiger partial charge in [-0.15, -0.1) is 10.2 Å². The lowest BCUT2D eigenvalue weighted by atomic mass is 10.1. The molecule has 0 radical (unpaired) electrons.